The highest BCUT2D eigenvalue weighted by Gasteiger charge is 2.40. The topological polar surface area (TPSA) is 169 Å². The molecule has 0 bridgehead atoms. The lowest BCUT2D eigenvalue weighted by Crippen LogP contribution is -2.70. The van der Waals surface area contributed by atoms with Crippen LogP contribution in [0.25, 0.3) is 10.4 Å². The van der Waals surface area contributed by atoms with Crippen LogP contribution >= 0.6 is 11.8 Å². The van der Waals surface area contributed by atoms with Crippen LogP contribution < -0.4 is 16.4 Å². The van der Waals surface area contributed by atoms with Gasteiger partial charge in [0, 0.05) is 11.5 Å². The quantitative estimate of drug-likeness (QED) is 0.133. The third kappa shape index (κ3) is 4.24. The molecule has 1 rings (SSSR count). The van der Waals surface area contributed by atoms with Crippen LogP contribution in [0.2, 0.25) is 0 Å². The molecular weight excluding hydrogens is 308 g/mol. The lowest BCUT2D eigenvalue weighted by molar-refractivity contribution is -0.134. The number of rotatable bonds is 6. The van der Waals surface area contributed by atoms with Gasteiger partial charge in [-0.2, -0.15) is 0 Å². The Morgan fingerprint density at radius 3 is 2.86 bits per heavy atom. The Morgan fingerprint density at radius 1 is 1.68 bits per heavy atom. The minimum atomic E-state index is -0.835. The largest absolute Gasteiger partial charge is 0.378 e. The second-order valence-electron chi connectivity index (χ2n) is 4.18. The van der Waals surface area contributed by atoms with Gasteiger partial charge in [-0.15, -0.1) is 0 Å². The van der Waals surface area contributed by atoms with Crippen LogP contribution in [0.5, 0.6) is 0 Å². The van der Waals surface area contributed by atoms with Gasteiger partial charge >= 0.3 is 0 Å². The van der Waals surface area contributed by atoms with Gasteiger partial charge in [0.05, 0.1) is 11.7 Å². The molecule has 0 aromatic rings. The Labute approximate surface area is 130 Å². The van der Waals surface area contributed by atoms with Crippen LogP contribution in [0.3, 0.4) is 0 Å². The van der Waals surface area contributed by atoms with Gasteiger partial charge in [0.1, 0.15) is 11.8 Å². The van der Waals surface area contributed by atoms with Crippen LogP contribution in [0, 0.1) is 5.41 Å². The van der Waals surface area contributed by atoms with Crippen LogP contribution in [0.15, 0.2) is 21.9 Å². The second kappa shape index (κ2) is 8.05. The van der Waals surface area contributed by atoms with Gasteiger partial charge in [-0.05, 0) is 18.7 Å². The summed E-state index contributed by atoms with van der Waals surface area (Å²) in [5.41, 5.74) is 13.5. The smallest absolute Gasteiger partial charge is 0.272 e. The Morgan fingerprint density at radius 2 is 2.36 bits per heavy atom. The maximum Gasteiger partial charge on any atom is 0.272 e. The molecule has 0 radical (unpaired) electrons. The molecule has 0 saturated carbocycles. The maximum atomic E-state index is 12.0. The molecule has 1 heterocycles. The molecule has 118 valence electrons. The first-order valence-corrected chi connectivity index (χ1v) is 7.42. The lowest BCUT2D eigenvalue weighted by Gasteiger charge is -2.36. The second-order valence-corrected chi connectivity index (χ2v) is 5.01. The Bertz CT molecular complexity index is 593. The van der Waals surface area contributed by atoms with E-state index in [1.54, 1.807) is 13.2 Å². The Kier molecular flexibility index (Phi) is 6.42. The fourth-order valence-corrected chi connectivity index (χ4v) is 1.83. The lowest BCUT2D eigenvalue weighted by atomic mass is 9.99. The molecule has 5 N–H and O–H groups in total. The van der Waals surface area contributed by atoms with Crippen LogP contribution in [0.4, 0.5) is 0 Å². The monoisotopic (exact) mass is 324 g/mol. The van der Waals surface area contributed by atoms with Crippen molar-refractivity contribution in [2.24, 2.45) is 15.8 Å². The number of amidine groups is 1. The normalized spacial score (nSPS) is 21.3. The predicted molar refractivity (Wildman–Crippen MR) is 84.5 cm³/mol. The Balaban J connectivity index is 2.73. The van der Waals surface area contributed by atoms with E-state index in [1.165, 1.54) is 17.8 Å². The third-order valence-electron chi connectivity index (χ3n) is 2.84. The first-order valence-electron chi connectivity index (χ1n) is 6.20. The molecule has 0 aliphatic carbocycles. The number of nitrogens with one attached hydrogen (secondary N) is 3. The molecule has 2 unspecified atom stereocenters. The number of β-lactam (4-membered cyclic amide) rings is 1. The van der Waals surface area contributed by atoms with Gasteiger partial charge in [-0.25, -0.2) is 4.99 Å². The summed E-state index contributed by atoms with van der Waals surface area (Å²) < 4.78 is 0. The standard InChI is InChI=1S/C11H16N8O2S/c1-3-5(17-11(13)22-2)7(12)9(20)18-8-6(4-15-19-14)16-10(8)21/h3,6,8,12H,4H2,1-2H3,(H2,13,17)(H,16,21)(H,18,20)/b5-3-,12-7?. The average molecular weight is 324 g/mol. The summed E-state index contributed by atoms with van der Waals surface area (Å²) in [7, 11) is 0. The molecule has 1 aliphatic heterocycles. The summed E-state index contributed by atoms with van der Waals surface area (Å²) in [4.78, 5) is 30.0. The molecule has 2 atom stereocenters. The molecule has 1 fully saturated rings. The van der Waals surface area contributed by atoms with Crippen molar-refractivity contribution >= 4 is 34.5 Å². The molecule has 2 amide bonds. The van der Waals surface area contributed by atoms with E-state index < -0.39 is 29.6 Å². The zero-order chi connectivity index (χ0) is 16.7. The SMILES string of the molecule is C/C=C(\N=C(\N)SC)C(=N)C(=O)NC1C(=O)NC1CN=[N+]=[N-]. The van der Waals surface area contributed by atoms with Gasteiger partial charge in [0.15, 0.2) is 5.17 Å². The number of nitrogens with two attached hydrogens (primary N) is 1. The van der Waals surface area contributed by atoms with E-state index in [-0.39, 0.29) is 17.4 Å². The van der Waals surface area contributed by atoms with E-state index in [4.69, 9.17) is 16.7 Å². The molecule has 0 spiro atoms. The zero-order valence-electron chi connectivity index (χ0n) is 12.0. The van der Waals surface area contributed by atoms with Gasteiger partial charge in [-0.1, -0.05) is 23.0 Å². The number of thioether (sulfide) groups is 1. The van der Waals surface area contributed by atoms with Gasteiger partial charge in [-0.3, -0.25) is 15.0 Å². The van der Waals surface area contributed by atoms with Crippen LogP contribution in [-0.2, 0) is 9.59 Å². The number of aliphatic imine (C=N–C) groups is 1. The molecule has 1 saturated heterocycles. The first-order chi connectivity index (χ1) is 10.4. The van der Waals surface area contributed by atoms with Gasteiger partial charge < -0.3 is 16.4 Å². The van der Waals surface area contributed by atoms with E-state index >= 15 is 0 Å². The summed E-state index contributed by atoms with van der Waals surface area (Å²) in [6.07, 6.45) is 3.19. The molecule has 0 aromatic heterocycles. The van der Waals surface area contributed by atoms with Crippen molar-refractivity contribution < 1.29 is 9.59 Å². The summed E-state index contributed by atoms with van der Waals surface area (Å²) in [6.45, 7) is 1.64. The van der Waals surface area contributed by atoms with Crippen molar-refractivity contribution in [3.05, 3.63) is 22.2 Å². The fraction of sp³-hybridized carbons (Fsp3) is 0.455. The van der Waals surface area contributed by atoms with Crippen molar-refractivity contribution in [1.29, 1.82) is 5.41 Å². The average Bonchev–Trinajstić information content (AvgIpc) is 2.52. The number of amides is 2. The van der Waals surface area contributed by atoms with E-state index in [0.29, 0.717) is 0 Å². The van der Waals surface area contributed by atoms with Crippen molar-refractivity contribution in [2.45, 2.75) is 19.0 Å². The molecule has 10 nitrogen and oxygen atoms in total. The summed E-state index contributed by atoms with van der Waals surface area (Å²) >= 11 is 1.19. The minimum Gasteiger partial charge on any atom is -0.378 e. The minimum absolute atomic E-state index is 0.0224. The third-order valence-corrected chi connectivity index (χ3v) is 3.35. The molecule has 22 heavy (non-hydrogen) atoms. The van der Waals surface area contributed by atoms with Gasteiger partial charge in [0.2, 0.25) is 5.91 Å². The van der Waals surface area contributed by atoms with Crippen molar-refractivity contribution in [2.75, 3.05) is 12.8 Å². The summed E-state index contributed by atoms with van der Waals surface area (Å²) in [6, 6.07) is -1.31. The van der Waals surface area contributed by atoms with E-state index in [9.17, 15) is 9.59 Å². The fourth-order valence-electron chi connectivity index (χ4n) is 1.64. The molecule has 11 heteroatoms. The number of carbonyl (C=O) groups excluding carboxylic acids is 2. The maximum absolute atomic E-state index is 12.0. The summed E-state index contributed by atoms with van der Waals surface area (Å²) in [5.74, 6) is -1.15. The number of hydrogen-bond acceptors (Lipinski definition) is 6. The van der Waals surface area contributed by atoms with E-state index in [1.807, 2.05) is 0 Å². The highest BCUT2D eigenvalue weighted by atomic mass is 32.2. The highest BCUT2D eigenvalue weighted by molar-refractivity contribution is 8.13. The van der Waals surface area contributed by atoms with E-state index in [2.05, 4.69) is 25.7 Å². The highest BCUT2D eigenvalue weighted by Crippen LogP contribution is 2.09. The first kappa shape index (κ1) is 17.5. The molecule has 0 aromatic carbocycles. The number of hydrogen-bond donors (Lipinski definition) is 4. The summed E-state index contributed by atoms with van der Waals surface area (Å²) in [5, 5.41) is 16.3. The number of allylic oxidation sites excluding steroid dienone is 1. The zero-order valence-corrected chi connectivity index (χ0v) is 12.8. The molecular formula is C11H16N8O2S. The molecule has 1 aliphatic rings. The van der Waals surface area contributed by atoms with Crippen LogP contribution in [0.1, 0.15) is 6.92 Å². The predicted octanol–water partition coefficient (Wildman–Crippen LogP) is -0.119. The number of carbonyl (C=O) groups is 2. The van der Waals surface area contributed by atoms with Crippen molar-refractivity contribution in [3.63, 3.8) is 0 Å². The Hall–Kier alpha value is -2.52. The van der Waals surface area contributed by atoms with E-state index in [0.717, 1.165) is 0 Å². The van der Waals surface area contributed by atoms with Crippen molar-refractivity contribution in [1.82, 2.24) is 10.6 Å². The number of nitrogens with zero attached hydrogens (tertiary/aromatic N) is 4. The van der Waals surface area contributed by atoms with Crippen LogP contribution in [-0.4, -0.2) is 47.6 Å². The number of azide groups is 1. The van der Waals surface area contributed by atoms with Crippen molar-refractivity contribution in [3.8, 4) is 0 Å². The van der Waals surface area contributed by atoms with Gasteiger partial charge in [0.25, 0.3) is 5.91 Å².